The Morgan fingerprint density at radius 1 is 1.10 bits per heavy atom. The Labute approximate surface area is 193 Å². The number of carbonyl (C=O) groups excluding carboxylic acids is 2. The van der Waals surface area contributed by atoms with Crippen LogP contribution in [0, 0.1) is 6.92 Å². The number of aryl methyl sites for hydroxylation is 1. The first-order chi connectivity index (χ1) is 15.0. The smallest absolute Gasteiger partial charge is 0.255 e. The maximum absolute atomic E-state index is 13.5. The van der Waals surface area contributed by atoms with E-state index >= 15 is 0 Å². The van der Waals surface area contributed by atoms with Crippen LogP contribution in [0.25, 0.3) is 0 Å². The quantitative estimate of drug-likeness (QED) is 0.540. The second kappa shape index (κ2) is 11.6. The third kappa shape index (κ3) is 6.03. The summed E-state index contributed by atoms with van der Waals surface area (Å²) in [7, 11) is 0. The van der Waals surface area contributed by atoms with Gasteiger partial charge in [0.2, 0.25) is 5.91 Å². The summed E-state index contributed by atoms with van der Waals surface area (Å²) in [6.07, 6.45) is 4.01. The van der Waals surface area contributed by atoms with Crippen LogP contribution in [0.3, 0.4) is 0 Å². The lowest BCUT2D eigenvalue weighted by Crippen LogP contribution is -2.48. The van der Waals surface area contributed by atoms with E-state index < -0.39 is 6.04 Å². The summed E-state index contributed by atoms with van der Waals surface area (Å²) in [5, 5.41) is 3.32. The summed E-state index contributed by atoms with van der Waals surface area (Å²) in [6, 6.07) is 14.4. The summed E-state index contributed by atoms with van der Waals surface area (Å²) in [4.78, 5) is 28.2. The molecule has 166 valence electrons. The molecule has 2 atom stereocenters. The molecule has 3 rings (SSSR count). The molecule has 2 unspecified atom stereocenters. The number of benzene rings is 2. The highest BCUT2D eigenvalue weighted by Gasteiger charge is 2.43. The number of carbonyl (C=O) groups is 2. The first-order valence-electron chi connectivity index (χ1n) is 10.8. The molecule has 31 heavy (non-hydrogen) atoms. The molecule has 0 radical (unpaired) electrons. The van der Waals surface area contributed by atoms with Crippen molar-refractivity contribution < 1.29 is 9.59 Å². The highest BCUT2D eigenvalue weighted by molar-refractivity contribution is 7.99. The fourth-order valence-electron chi connectivity index (χ4n) is 3.67. The summed E-state index contributed by atoms with van der Waals surface area (Å²) < 4.78 is 0. The lowest BCUT2D eigenvalue weighted by atomic mass is 10.1. The van der Waals surface area contributed by atoms with Crippen LogP contribution in [0.5, 0.6) is 0 Å². The Kier molecular flexibility index (Phi) is 8.81. The molecule has 0 aromatic heterocycles. The standard InChI is InChI=1S/C24H30ClN3O2S/c1-17-10-12-18(13-11-17)23(30)28-21(22(29)27-15-7-3-2-6-14-26)16-31-24(28)19-8-4-5-9-20(19)25/h4-5,8-13,21,24H,2-3,6-7,14-16,26H2,1H3,(H,27,29). The predicted molar refractivity (Wildman–Crippen MR) is 128 cm³/mol. The van der Waals surface area contributed by atoms with E-state index in [0.717, 1.165) is 36.8 Å². The minimum absolute atomic E-state index is 0.110. The largest absolute Gasteiger partial charge is 0.354 e. The van der Waals surface area contributed by atoms with Gasteiger partial charge >= 0.3 is 0 Å². The summed E-state index contributed by atoms with van der Waals surface area (Å²) in [5.74, 6) is 0.270. The van der Waals surface area contributed by atoms with E-state index in [-0.39, 0.29) is 17.2 Å². The maximum Gasteiger partial charge on any atom is 0.255 e. The van der Waals surface area contributed by atoms with E-state index in [1.807, 2.05) is 55.5 Å². The van der Waals surface area contributed by atoms with Crippen molar-refractivity contribution in [2.45, 2.75) is 44.0 Å². The van der Waals surface area contributed by atoms with Gasteiger partial charge in [-0.25, -0.2) is 0 Å². The van der Waals surface area contributed by atoms with E-state index in [1.165, 1.54) is 0 Å². The molecule has 0 saturated carbocycles. The van der Waals surface area contributed by atoms with Gasteiger partial charge in [0, 0.05) is 28.4 Å². The van der Waals surface area contributed by atoms with Crippen LogP contribution in [0.2, 0.25) is 5.02 Å². The number of nitrogens with one attached hydrogen (secondary N) is 1. The Morgan fingerprint density at radius 3 is 2.52 bits per heavy atom. The molecule has 0 spiro atoms. The summed E-state index contributed by atoms with van der Waals surface area (Å²) in [5.41, 5.74) is 8.04. The number of rotatable bonds is 9. The van der Waals surface area contributed by atoms with Crippen molar-refractivity contribution >= 4 is 35.2 Å². The van der Waals surface area contributed by atoms with Gasteiger partial charge in [0.1, 0.15) is 11.4 Å². The van der Waals surface area contributed by atoms with Crippen LogP contribution in [0.1, 0.15) is 52.5 Å². The highest BCUT2D eigenvalue weighted by atomic mass is 35.5. The van der Waals surface area contributed by atoms with Crippen molar-refractivity contribution in [3.05, 3.63) is 70.2 Å². The van der Waals surface area contributed by atoms with Gasteiger partial charge in [-0.3, -0.25) is 9.59 Å². The number of hydrogen-bond donors (Lipinski definition) is 2. The maximum atomic E-state index is 13.5. The zero-order valence-electron chi connectivity index (χ0n) is 17.9. The zero-order valence-corrected chi connectivity index (χ0v) is 19.4. The highest BCUT2D eigenvalue weighted by Crippen LogP contribution is 2.44. The number of nitrogens with two attached hydrogens (primary N) is 1. The summed E-state index contributed by atoms with van der Waals surface area (Å²) >= 11 is 8.03. The lowest BCUT2D eigenvalue weighted by molar-refractivity contribution is -0.124. The van der Waals surface area contributed by atoms with Gasteiger partial charge in [0.25, 0.3) is 5.91 Å². The molecule has 1 aliphatic rings. The molecule has 2 aromatic rings. The third-order valence-electron chi connectivity index (χ3n) is 5.44. The topological polar surface area (TPSA) is 75.4 Å². The third-order valence-corrected chi connectivity index (χ3v) is 7.09. The van der Waals surface area contributed by atoms with E-state index in [2.05, 4.69) is 5.32 Å². The first-order valence-corrected chi connectivity index (χ1v) is 12.2. The average Bonchev–Trinajstić information content (AvgIpc) is 3.21. The number of amides is 2. The Balaban J connectivity index is 1.77. The molecule has 5 nitrogen and oxygen atoms in total. The normalized spacial score (nSPS) is 18.2. The van der Waals surface area contributed by atoms with E-state index in [0.29, 0.717) is 29.4 Å². The Bertz CT molecular complexity index is 891. The average molecular weight is 460 g/mol. The van der Waals surface area contributed by atoms with Crippen LogP contribution in [0.15, 0.2) is 48.5 Å². The van der Waals surface area contributed by atoms with Gasteiger partial charge in [0.15, 0.2) is 0 Å². The van der Waals surface area contributed by atoms with Gasteiger partial charge in [-0.2, -0.15) is 0 Å². The van der Waals surface area contributed by atoms with Crippen LogP contribution in [-0.2, 0) is 4.79 Å². The van der Waals surface area contributed by atoms with Gasteiger partial charge in [-0.05, 0) is 44.5 Å². The van der Waals surface area contributed by atoms with Crippen LogP contribution in [-0.4, -0.2) is 41.6 Å². The van der Waals surface area contributed by atoms with Crippen molar-refractivity contribution in [2.75, 3.05) is 18.8 Å². The monoisotopic (exact) mass is 459 g/mol. The predicted octanol–water partition coefficient (Wildman–Crippen LogP) is 4.54. The number of thioether (sulfide) groups is 1. The van der Waals surface area contributed by atoms with Gasteiger partial charge < -0.3 is 16.0 Å². The van der Waals surface area contributed by atoms with Crippen LogP contribution >= 0.6 is 23.4 Å². The minimum Gasteiger partial charge on any atom is -0.354 e. The molecular weight excluding hydrogens is 430 g/mol. The SMILES string of the molecule is Cc1ccc(C(=O)N2C(C(=O)NCCCCCCN)CSC2c2ccccc2Cl)cc1. The van der Waals surface area contributed by atoms with E-state index in [1.54, 1.807) is 16.7 Å². The fourth-order valence-corrected chi connectivity index (χ4v) is 5.44. The second-order valence-electron chi connectivity index (χ2n) is 7.80. The number of unbranched alkanes of at least 4 members (excludes halogenated alkanes) is 3. The van der Waals surface area contributed by atoms with Gasteiger partial charge in [-0.15, -0.1) is 11.8 Å². The molecule has 2 aromatic carbocycles. The molecule has 7 heteroatoms. The molecule has 0 aliphatic carbocycles. The number of halogens is 1. The molecule has 1 fully saturated rings. The van der Waals surface area contributed by atoms with Gasteiger partial charge in [-0.1, -0.05) is 60.3 Å². The van der Waals surface area contributed by atoms with Crippen molar-refractivity contribution in [2.24, 2.45) is 5.73 Å². The lowest BCUT2D eigenvalue weighted by Gasteiger charge is -2.29. The Morgan fingerprint density at radius 2 is 1.81 bits per heavy atom. The van der Waals surface area contributed by atoms with E-state index in [4.69, 9.17) is 17.3 Å². The molecular formula is C24H30ClN3O2S. The molecule has 2 amide bonds. The van der Waals surface area contributed by atoms with Crippen LogP contribution < -0.4 is 11.1 Å². The molecule has 3 N–H and O–H groups in total. The van der Waals surface area contributed by atoms with Crippen molar-refractivity contribution in [1.82, 2.24) is 10.2 Å². The molecule has 1 saturated heterocycles. The second-order valence-corrected chi connectivity index (χ2v) is 9.32. The molecule has 0 bridgehead atoms. The molecule has 1 heterocycles. The van der Waals surface area contributed by atoms with E-state index in [9.17, 15) is 9.59 Å². The minimum atomic E-state index is -0.538. The fraction of sp³-hybridized carbons (Fsp3) is 0.417. The van der Waals surface area contributed by atoms with Crippen molar-refractivity contribution in [1.29, 1.82) is 0 Å². The number of nitrogens with zero attached hydrogens (tertiary/aromatic N) is 1. The van der Waals surface area contributed by atoms with Crippen LogP contribution in [0.4, 0.5) is 0 Å². The van der Waals surface area contributed by atoms with Crippen molar-refractivity contribution in [3.8, 4) is 0 Å². The van der Waals surface area contributed by atoms with Crippen molar-refractivity contribution in [3.63, 3.8) is 0 Å². The summed E-state index contributed by atoms with van der Waals surface area (Å²) in [6.45, 7) is 3.29. The molecule has 1 aliphatic heterocycles. The zero-order chi connectivity index (χ0) is 22.2. The number of hydrogen-bond acceptors (Lipinski definition) is 4. The van der Waals surface area contributed by atoms with Gasteiger partial charge in [0.05, 0.1) is 0 Å². The first kappa shape index (κ1) is 23.6. The Hall–Kier alpha value is -2.02.